The molecular formula is C25H26N4O4S. The van der Waals surface area contributed by atoms with E-state index in [-0.39, 0.29) is 22.6 Å². The largest absolute Gasteiger partial charge is 0.339 e. The van der Waals surface area contributed by atoms with Crippen molar-refractivity contribution in [3.63, 3.8) is 0 Å². The molecule has 8 nitrogen and oxygen atoms in total. The smallest absolute Gasteiger partial charge is 0.261 e. The first-order valence-corrected chi connectivity index (χ1v) is 12.5. The Kier molecular flexibility index (Phi) is 6.93. The predicted octanol–water partition coefficient (Wildman–Crippen LogP) is 3.68. The number of anilines is 2. The van der Waals surface area contributed by atoms with Gasteiger partial charge in [0.25, 0.3) is 15.9 Å². The van der Waals surface area contributed by atoms with Crippen LogP contribution < -0.4 is 10.0 Å². The molecule has 4 rings (SSSR count). The van der Waals surface area contributed by atoms with Gasteiger partial charge in [-0.1, -0.05) is 18.2 Å². The summed E-state index contributed by atoms with van der Waals surface area (Å²) in [6.45, 7) is 2.84. The number of pyridine rings is 1. The minimum atomic E-state index is -3.75. The van der Waals surface area contributed by atoms with Gasteiger partial charge in [0.2, 0.25) is 5.91 Å². The van der Waals surface area contributed by atoms with Gasteiger partial charge in [-0.2, -0.15) is 0 Å². The molecule has 0 spiro atoms. The van der Waals surface area contributed by atoms with E-state index < -0.39 is 10.0 Å². The lowest BCUT2D eigenvalue weighted by Crippen LogP contribution is -2.41. The van der Waals surface area contributed by atoms with Crippen molar-refractivity contribution >= 4 is 33.3 Å². The lowest BCUT2D eigenvalue weighted by atomic mass is 9.95. The molecule has 176 valence electrons. The molecule has 1 fully saturated rings. The first kappa shape index (κ1) is 23.4. The number of para-hydroxylation sites is 1. The van der Waals surface area contributed by atoms with Crippen LogP contribution in [0, 0.1) is 12.8 Å². The van der Waals surface area contributed by atoms with Crippen molar-refractivity contribution in [3.05, 3.63) is 84.1 Å². The summed E-state index contributed by atoms with van der Waals surface area (Å²) in [5, 5.41) is 2.85. The zero-order valence-electron chi connectivity index (χ0n) is 18.8. The molecule has 9 heteroatoms. The molecule has 0 bridgehead atoms. The number of sulfonamides is 1. The summed E-state index contributed by atoms with van der Waals surface area (Å²) in [6, 6.07) is 18.2. The summed E-state index contributed by atoms with van der Waals surface area (Å²) >= 11 is 0. The molecular weight excluding hydrogens is 452 g/mol. The number of benzene rings is 2. The summed E-state index contributed by atoms with van der Waals surface area (Å²) in [4.78, 5) is 31.4. The van der Waals surface area contributed by atoms with Crippen molar-refractivity contribution in [1.29, 1.82) is 0 Å². The Labute approximate surface area is 199 Å². The summed E-state index contributed by atoms with van der Waals surface area (Å²) in [5.41, 5.74) is 1.89. The maximum absolute atomic E-state index is 12.9. The number of aryl methyl sites for hydroxylation is 1. The van der Waals surface area contributed by atoms with Gasteiger partial charge in [-0.25, -0.2) is 13.4 Å². The number of nitrogens with one attached hydrogen (secondary N) is 2. The average Bonchev–Trinajstić information content (AvgIpc) is 2.84. The minimum Gasteiger partial charge on any atom is -0.339 e. The lowest BCUT2D eigenvalue weighted by molar-refractivity contribution is -0.121. The monoisotopic (exact) mass is 478 g/mol. The van der Waals surface area contributed by atoms with Crippen LogP contribution in [0.1, 0.15) is 28.8 Å². The Morgan fingerprint density at radius 1 is 0.971 bits per heavy atom. The molecule has 0 saturated carbocycles. The SMILES string of the molecule is Cc1ccnc(NC(=O)C2CCN(C(=O)c3ccc(S(=O)(=O)Nc4ccccc4)cc3)CC2)c1. The number of hydrogen-bond donors (Lipinski definition) is 2. The molecule has 1 saturated heterocycles. The maximum Gasteiger partial charge on any atom is 0.261 e. The third-order valence-electron chi connectivity index (χ3n) is 5.76. The number of carbonyl (C=O) groups is 2. The molecule has 0 atom stereocenters. The zero-order chi connectivity index (χ0) is 24.1. The van der Waals surface area contributed by atoms with E-state index in [0.29, 0.717) is 43.0 Å². The number of rotatable bonds is 6. The van der Waals surface area contributed by atoms with E-state index in [9.17, 15) is 18.0 Å². The third-order valence-corrected chi connectivity index (χ3v) is 7.15. The molecule has 0 radical (unpaired) electrons. The fourth-order valence-corrected chi connectivity index (χ4v) is 4.92. The van der Waals surface area contributed by atoms with E-state index in [4.69, 9.17) is 0 Å². The summed E-state index contributed by atoms with van der Waals surface area (Å²) in [7, 11) is -3.75. The fraction of sp³-hybridized carbons (Fsp3) is 0.240. The van der Waals surface area contributed by atoms with Gasteiger partial charge in [0.1, 0.15) is 5.82 Å². The fourth-order valence-electron chi connectivity index (χ4n) is 3.86. The Morgan fingerprint density at radius 3 is 2.29 bits per heavy atom. The molecule has 2 amide bonds. The van der Waals surface area contributed by atoms with Crippen molar-refractivity contribution in [2.24, 2.45) is 5.92 Å². The summed E-state index contributed by atoms with van der Waals surface area (Å²) < 4.78 is 27.7. The molecule has 0 aliphatic carbocycles. The molecule has 2 aromatic carbocycles. The molecule has 2 N–H and O–H groups in total. The number of amides is 2. The highest BCUT2D eigenvalue weighted by molar-refractivity contribution is 7.92. The number of aromatic nitrogens is 1. The van der Waals surface area contributed by atoms with Crippen LogP contribution in [-0.2, 0) is 14.8 Å². The van der Waals surface area contributed by atoms with Gasteiger partial charge < -0.3 is 10.2 Å². The molecule has 1 aromatic heterocycles. The second-order valence-corrected chi connectivity index (χ2v) is 9.95. The molecule has 0 unspecified atom stereocenters. The lowest BCUT2D eigenvalue weighted by Gasteiger charge is -2.31. The van der Waals surface area contributed by atoms with Crippen LogP contribution in [0.5, 0.6) is 0 Å². The normalized spacial score (nSPS) is 14.4. The van der Waals surface area contributed by atoms with Gasteiger partial charge in [0.15, 0.2) is 0 Å². The van der Waals surface area contributed by atoms with Crippen molar-refractivity contribution in [3.8, 4) is 0 Å². The second kappa shape index (κ2) is 10.0. The van der Waals surface area contributed by atoms with Crippen LogP contribution in [0.2, 0.25) is 0 Å². The van der Waals surface area contributed by atoms with E-state index in [1.165, 1.54) is 24.3 Å². The van der Waals surface area contributed by atoms with Crippen LogP contribution in [0.15, 0.2) is 77.8 Å². The number of nitrogens with zero attached hydrogens (tertiary/aromatic N) is 2. The highest BCUT2D eigenvalue weighted by Crippen LogP contribution is 2.22. The Hall–Kier alpha value is -3.72. The van der Waals surface area contributed by atoms with Crippen LogP contribution in [0.4, 0.5) is 11.5 Å². The van der Waals surface area contributed by atoms with Crippen molar-refractivity contribution in [2.45, 2.75) is 24.7 Å². The van der Waals surface area contributed by atoms with E-state index in [0.717, 1.165) is 5.56 Å². The average molecular weight is 479 g/mol. The first-order valence-electron chi connectivity index (χ1n) is 11.0. The Bertz CT molecular complexity index is 1270. The molecule has 1 aliphatic rings. The van der Waals surface area contributed by atoms with Gasteiger partial charge in [-0.15, -0.1) is 0 Å². The highest BCUT2D eigenvalue weighted by Gasteiger charge is 2.28. The van der Waals surface area contributed by atoms with E-state index >= 15 is 0 Å². The highest BCUT2D eigenvalue weighted by atomic mass is 32.2. The molecule has 2 heterocycles. The van der Waals surface area contributed by atoms with Crippen LogP contribution in [0.25, 0.3) is 0 Å². The van der Waals surface area contributed by atoms with E-state index in [2.05, 4.69) is 15.0 Å². The number of hydrogen-bond acceptors (Lipinski definition) is 5. The second-order valence-electron chi connectivity index (χ2n) is 8.27. The first-order chi connectivity index (χ1) is 16.3. The summed E-state index contributed by atoms with van der Waals surface area (Å²) in [6.07, 6.45) is 2.76. The number of piperidine rings is 1. The Morgan fingerprint density at radius 2 is 1.65 bits per heavy atom. The minimum absolute atomic E-state index is 0.0769. The van der Waals surface area contributed by atoms with Gasteiger partial charge in [-0.05, 0) is 73.9 Å². The van der Waals surface area contributed by atoms with Crippen molar-refractivity contribution < 1.29 is 18.0 Å². The van der Waals surface area contributed by atoms with Crippen molar-refractivity contribution in [2.75, 3.05) is 23.1 Å². The van der Waals surface area contributed by atoms with Gasteiger partial charge >= 0.3 is 0 Å². The Balaban J connectivity index is 1.33. The molecule has 34 heavy (non-hydrogen) atoms. The predicted molar refractivity (Wildman–Crippen MR) is 130 cm³/mol. The van der Waals surface area contributed by atoms with Crippen LogP contribution >= 0.6 is 0 Å². The molecule has 1 aliphatic heterocycles. The number of carbonyl (C=O) groups excluding carboxylic acids is 2. The van der Waals surface area contributed by atoms with Gasteiger partial charge in [0, 0.05) is 36.5 Å². The standard InChI is InChI=1S/C25H26N4O4S/c1-18-11-14-26-23(17-18)27-24(30)19-12-15-29(16-13-19)25(31)20-7-9-22(10-8-20)34(32,33)28-21-5-3-2-4-6-21/h2-11,14,17,19,28H,12-13,15-16H2,1H3,(H,26,27,30). The number of likely N-dealkylation sites (tertiary alicyclic amines) is 1. The van der Waals surface area contributed by atoms with Crippen molar-refractivity contribution in [1.82, 2.24) is 9.88 Å². The third kappa shape index (κ3) is 5.60. The van der Waals surface area contributed by atoms with Crippen LogP contribution in [-0.4, -0.2) is 43.2 Å². The van der Waals surface area contributed by atoms with Gasteiger partial charge in [-0.3, -0.25) is 14.3 Å². The van der Waals surface area contributed by atoms with E-state index in [1.807, 2.05) is 19.1 Å². The molecule has 3 aromatic rings. The van der Waals surface area contributed by atoms with Crippen LogP contribution in [0.3, 0.4) is 0 Å². The quantitative estimate of drug-likeness (QED) is 0.562. The van der Waals surface area contributed by atoms with E-state index in [1.54, 1.807) is 41.4 Å². The summed E-state index contributed by atoms with van der Waals surface area (Å²) in [5.74, 6) is 0.0631. The zero-order valence-corrected chi connectivity index (χ0v) is 19.6. The van der Waals surface area contributed by atoms with Gasteiger partial charge in [0.05, 0.1) is 4.90 Å². The topological polar surface area (TPSA) is 108 Å². The maximum atomic E-state index is 12.9.